The van der Waals surface area contributed by atoms with Gasteiger partial charge in [0.15, 0.2) is 0 Å². The summed E-state index contributed by atoms with van der Waals surface area (Å²) >= 11 is 11.8. The van der Waals surface area contributed by atoms with Gasteiger partial charge in [0.1, 0.15) is 0 Å². The molecule has 0 saturated heterocycles. The van der Waals surface area contributed by atoms with Crippen molar-refractivity contribution in [1.29, 1.82) is 5.26 Å². The molecule has 0 aromatic heterocycles. The molecule has 0 aliphatic rings. The summed E-state index contributed by atoms with van der Waals surface area (Å²) in [6.07, 6.45) is 0.389. The Morgan fingerprint density at radius 2 is 1.61 bits per heavy atom. The van der Waals surface area contributed by atoms with Crippen LogP contribution in [0.2, 0.25) is 10.0 Å². The number of hydrogen-bond donors (Lipinski definition) is 1. The van der Waals surface area contributed by atoms with Crippen LogP contribution >= 0.6 is 23.2 Å². The molecule has 0 aliphatic heterocycles. The van der Waals surface area contributed by atoms with Crippen molar-refractivity contribution >= 4 is 23.2 Å². The van der Waals surface area contributed by atoms with E-state index in [2.05, 4.69) is 4.90 Å². The molecule has 1 unspecified atom stereocenters. The van der Waals surface area contributed by atoms with E-state index in [4.69, 9.17) is 34.2 Å². The molecule has 2 N–H and O–H groups in total. The van der Waals surface area contributed by atoms with Crippen molar-refractivity contribution in [3.63, 3.8) is 0 Å². The number of halogens is 2. The Morgan fingerprint density at radius 1 is 1.04 bits per heavy atom. The fourth-order valence-electron chi connectivity index (χ4n) is 2.09. The van der Waals surface area contributed by atoms with Crippen LogP contribution in [0.15, 0.2) is 48.5 Å². The highest BCUT2D eigenvalue weighted by molar-refractivity contribution is 6.31. The van der Waals surface area contributed by atoms with Crippen molar-refractivity contribution in [3.05, 3.63) is 69.7 Å². The molecule has 0 radical (unpaired) electrons. The molecular weight excluding hydrogens is 329 g/mol. The predicted molar refractivity (Wildman–Crippen MR) is 97.7 cm³/mol. The van der Waals surface area contributed by atoms with Crippen LogP contribution < -0.4 is 5.73 Å². The molecule has 0 fully saturated rings. The standard InChI is InChI=1S/C10H15ClN2.C8H6ClN/c1-13(2)10(7-12)8-5-3-4-6-9(8)11;9-8-4-2-1-3-7(8)5-6-10/h3-6,10H,7,12H2,1-2H3;1-4H,5H2. The van der Waals surface area contributed by atoms with Gasteiger partial charge in [-0.2, -0.15) is 5.26 Å². The van der Waals surface area contributed by atoms with E-state index in [1.165, 1.54) is 0 Å². The van der Waals surface area contributed by atoms with Gasteiger partial charge in [0.2, 0.25) is 0 Å². The number of hydrogen-bond acceptors (Lipinski definition) is 3. The van der Waals surface area contributed by atoms with Gasteiger partial charge in [0, 0.05) is 22.6 Å². The summed E-state index contributed by atoms with van der Waals surface area (Å²) < 4.78 is 0. The third kappa shape index (κ3) is 6.21. The van der Waals surface area contributed by atoms with Crippen LogP contribution in [0.3, 0.4) is 0 Å². The first-order chi connectivity index (χ1) is 11.0. The molecule has 2 rings (SSSR count). The first-order valence-electron chi connectivity index (χ1n) is 7.22. The Hall–Kier alpha value is -1.57. The Kier molecular flexibility index (Phi) is 8.68. The second-order valence-corrected chi connectivity index (χ2v) is 5.98. The van der Waals surface area contributed by atoms with Gasteiger partial charge in [0.25, 0.3) is 0 Å². The zero-order valence-corrected chi connectivity index (χ0v) is 14.8. The average Bonchev–Trinajstić information content (AvgIpc) is 2.53. The molecular formula is C18H21Cl2N3. The number of likely N-dealkylation sites (N-methyl/N-ethyl adjacent to an activating group) is 1. The minimum absolute atomic E-state index is 0.202. The maximum absolute atomic E-state index is 8.34. The van der Waals surface area contributed by atoms with Crippen LogP contribution in [-0.2, 0) is 6.42 Å². The molecule has 0 amide bonds. The van der Waals surface area contributed by atoms with E-state index in [0.717, 1.165) is 16.1 Å². The van der Waals surface area contributed by atoms with Crippen molar-refractivity contribution in [2.45, 2.75) is 12.5 Å². The highest BCUT2D eigenvalue weighted by atomic mass is 35.5. The Balaban J connectivity index is 0.000000238. The highest BCUT2D eigenvalue weighted by Gasteiger charge is 2.14. The fraction of sp³-hybridized carbons (Fsp3) is 0.278. The van der Waals surface area contributed by atoms with Crippen molar-refractivity contribution in [2.24, 2.45) is 5.73 Å². The van der Waals surface area contributed by atoms with E-state index < -0.39 is 0 Å². The first-order valence-corrected chi connectivity index (χ1v) is 7.98. The third-order valence-corrected chi connectivity index (χ3v) is 4.05. The predicted octanol–water partition coefficient (Wildman–Crippen LogP) is 4.31. The molecule has 0 aliphatic carbocycles. The molecule has 3 nitrogen and oxygen atoms in total. The molecule has 1 atom stereocenters. The summed E-state index contributed by atoms with van der Waals surface area (Å²) in [4.78, 5) is 2.07. The molecule has 0 bridgehead atoms. The van der Waals surface area contributed by atoms with Crippen LogP contribution in [0.1, 0.15) is 17.2 Å². The van der Waals surface area contributed by atoms with Gasteiger partial charge in [-0.1, -0.05) is 59.6 Å². The van der Waals surface area contributed by atoms with Crippen molar-refractivity contribution in [1.82, 2.24) is 4.90 Å². The van der Waals surface area contributed by atoms with E-state index in [-0.39, 0.29) is 6.04 Å². The summed E-state index contributed by atoms with van der Waals surface area (Å²) in [7, 11) is 4.00. The monoisotopic (exact) mass is 349 g/mol. The number of nitrogens with two attached hydrogens (primary N) is 1. The van der Waals surface area contributed by atoms with E-state index in [9.17, 15) is 0 Å². The second kappa shape index (κ2) is 10.3. The summed E-state index contributed by atoms with van der Waals surface area (Å²) in [5.41, 5.74) is 7.66. The lowest BCUT2D eigenvalue weighted by Gasteiger charge is -2.23. The molecule has 0 spiro atoms. The molecule has 2 aromatic rings. The SMILES string of the molecule is CN(C)C(CN)c1ccccc1Cl.N#CCc1ccccc1Cl. The Bertz CT molecular complexity index is 651. The number of nitriles is 1. The van der Waals surface area contributed by atoms with Crippen molar-refractivity contribution in [2.75, 3.05) is 20.6 Å². The van der Waals surface area contributed by atoms with Gasteiger partial charge >= 0.3 is 0 Å². The quantitative estimate of drug-likeness (QED) is 0.894. The second-order valence-electron chi connectivity index (χ2n) is 5.16. The van der Waals surface area contributed by atoms with Crippen LogP contribution in [0.5, 0.6) is 0 Å². The number of rotatable bonds is 4. The maximum atomic E-state index is 8.34. The zero-order chi connectivity index (χ0) is 17.2. The van der Waals surface area contributed by atoms with E-state index in [1.807, 2.05) is 62.6 Å². The molecule has 23 heavy (non-hydrogen) atoms. The normalized spacial score (nSPS) is 11.3. The third-order valence-electron chi connectivity index (χ3n) is 3.34. The van der Waals surface area contributed by atoms with Crippen LogP contribution in [-0.4, -0.2) is 25.5 Å². The average molecular weight is 350 g/mol. The van der Waals surface area contributed by atoms with E-state index >= 15 is 0 Å². The van der Waals surface area contributed by atoms with Crippen molar-refractivity contribution in [3.8, 4) is 6.07 Å². The van der Waals surface area contributed by atoms with E-state index in [1.54, 1.807) is 6.07 Å². The van der Waals surface area contributed by atoms with Gasteiger partial charge in [0.05, 0.1) is 12.5 Å². The topological polar surface area (TPSA) is 53.0 Å². The van der Waals surface area contributed by atoms with Gasteiger partial charge in [-0.25, -0.2) is 0 Å². The van der Waals surface area contributed by atoms with Crippen molar-refractivity contribution < 1.29 is 0 Å². The van der Waals surface area contributed by atoms with Gasteiger partial charge < -0.3 is 10.6 Å². The lowest BCUT2D eigenvalue weighted by molar-refractivity contribution is 0.306. The minimum Gasteiger partial charge on any atom is -0.329 e. The van der Waals surface area contributed by atoms with E-state index in [0.29, 0.717) is 18.0 Å². The highest BCUT2D eigenvalue weighted by Crippen LogP contribution is 2.24. The smallest absolute Gasteiger partial charge is 0.0670 e. The molecule has 0 heterocycles. The summed E-state index contributed by atoms with van der Waals surface area (Å²) in [5, 5.41) is 9.79. The lowest BCUT2D eigenvalue weighted by atomic mass is 10.1. The number of nitrogens with zero attached hydrogens (tertiary/aromatic N) is 2. The summed E-state index contributed by atoms with van der Waals surface area (Å²) in [6.45, 7) is 0.580. The molecule has 122 valence electrons. The first kappa shape index (κ1) is 19.5. The van der Waals surface area contributed by atoms with Gasteiger partial charge in [-0.15, -0.1) is 0 Å². The fourth-order valence-corrected chi connectivity index (χ4v) is 2.55. The minimum atomic E-state index is 0.202. The van der Waals surface area contributed by atoms with Gasteiger partial charge in [-0.05, 0) is 37.4 Å². The maximum Gasteiger partial charge on any atom is 0.0670 e. The number of benzene rings is 2. The molecule has 5 heteroatoms. The lowest BCUT2D eigenvalue weighted by Crippen LogP contribution is -2.27. The molecule has 0 saturated carbocycles. The summed E-state index contributed by atoms with van der Waals surface area (Å²) in [5.74, 6) is 0. The largest absolute Gasteiger partial charge is 0.329 e. The van der Waals surface area contributed by atoms with Crippen LogP contribution in [0.4, 0.5) is 0 Å². The Morgan fingerprint density at radius 3 is 2.09 bits per heavy atom. The van der Waals surface area contributed by atoms with Gasteiger partial charge in [-0.3, -0.25) is 0 Å². The van der Waals surface area contributed by atoms with Crippen LogP contribution in [0, 0.1) is 11.3 Å². The zero-order valence-electron chi connectivity index (χ0n) is 13.3. The molecule has 2 aromatic carbocycles. The van der Waals surface area contributed by atoms with Crippen LogP contribution in [0.25, 0.3) is 0 Å². The Labute approximate surface area is 148 Å². The summed E-state index contributed by atoms with van der Waals surface area (Å²) in [6, 6.07) is 17.4.